The first kappa shape index (κ1) is 15.8. The van der Waals surface area contributed by atoms with Gasteiger partial charge in [0.1, 0.15) is 12.4 Å². The molecule has 3 aromatic rings. The summed E-state index contributed by atoms with van der Waals surface area (Å²) in [7, 11) is 0. The van der Waals surface area contributed by atoms with Crippen molar-refractivity contribution in [3.05, 3.63) is 90.0 Å². The van der Waals surface area contributed by atoms with Gasteiger partial charge in [0.2, 0.25) is 0 Å². The highest BCUT2D eigenvalue weighted by molar-refractivity contribution is 5.77. The minimum absolute atomic E-state index is 0.00523. The quantitative estimate of drug-likeness (QED) is 0.725. The van der Waals surface area contributed by atoms with Crippen LogP contribution in [0.3, 0.4) is 0 Å². The van der Waals surface area contributed by atoms with Gasteiger partial charge in [-0.05, 0) is 34.4 Å². The highest BCUT2D eigenvalue weighted by Crippen LogP contribution is 2.27. The number of carboxylic acids is 1. The van der Waals surface area contributed by atoms with E-state index >= 15 is 0 Å². The molecule has 1 N–H and O–H groups in total. The van der Waals surface area contributed by atoms with E-state index in [0.29, 0.717) is 6.61 Å². The van der Waals surface area contributed by atoms with Crippen LogP contribution in [-0.2, 0) is 17.8 Å². The second-order valence-corrected chi connectivity index (χ2v) is 5.53. The lowest BCUT2D eigenvalue weighted by atomic mass is 9.97. The number of hydrogen-bond donors (Lipinski definition) is 1. The molecule has 3 heteroatoms. The van der Waals surface area contributed by atoms with Crippen LogP contribution in [0.5, 0.6) is 5.75 Å². The maximum Gasteiger partial charge on any atom is 0.307 e. The molecule has 3 nitrogen and oxygen atoms in total. The van der Waals surface area contributed by atoms with E-state index in [-0.39, 0.29) is 6.42 Å². The lowest BCUT2D eigenvalue weighted by Crippen LogP contribution is -2.01. The van der Waals surface area contributed by atoms with E-state index < -0.39 is 5.97 Å². The lowest BCUT2D eigenvalue weighted by molar-refractivity contribution is -0.136. The van der Waals surface area contributed by atoms with Crippen molar-refractivity contribution in [2.75, 3.05) is 0 Å². The van der Waals surface area contributed by atoms with Crippen LogP contribution >= 0.6 is 0 Å². The van der Waals surface area contributed by atoms with Crippen LogP contribution in [0.15, 0.2) is 78.9 Å². The Morgan fingerprint density at radius 1 is 0.875 bits per heavy atom. The molecule has 0 aliphatic rings. The summed E-state index contributed by atoms with van der Waals surface area (Å²) in [5.41, 5.74) is 3.78. The topological polar surface area (TPSA) is 46.5 Å². The van der Waals surface area contributed by atoms with Crippen LogP contribution in [0.4, 0.5) is 0 Å². The molecule has 0 bridgehead atoms. The number of ether oxygens (including phenoxy) is 1. The zero-order valence-electron chi connectivity index (χ0n) is 13.2. The third-order valence-corrected chi connectivity index (χ3v) is 3.75. The number of benzene rings is 3. The Kier molecular flexibility index (Phi) is 4.92. The number of aliphatic carboxylic acids is 1. The minimum Gasteiger partial charge on any atom is -0.489 e. The first-order chi connectivity index (χ1) is 11.7. The van der Waals surface area contributed by atoms with Crippen molar-refractivity contribution in [2.45, 2.75) is 13.0 Å². The molecule has 0 aliphatic heterocycles. The van der Waals surface area contributed by atoms with E-state index in [2.05, 4.69) is 0 Å². The van der Waals surface area contributed by atoms with Gasteiger partial charge in [-0.3, -0.25) is 4.79 Å². The predicted molar refractivity (Wildman–Crippen MR) is 94.0 cm³/mol. The van der Waals surface area contributed by atoms with Crippen LogP contribution in [0.1, 0.15) is 11.1 Å². The fourth-order valence-corrected chi connectivity index (χ4v) is 2.61. The molecule has 0 aromatic heterocycles. The molecule has 0 aliphatic carbocycles. The molecule has 0 spiro atoms. The van der Waals surface area contributed by atoms with Crippen molar-refractivity contribution < 1.29 is 14.6 Å². The Hall–Kier alpha value is -3.07. The van der Waals surface area contributed by atoms with Crippen LogP contribution in [-0.4, -0.2) is 11.1 Å². The van der Waals surface area contributed by atoms with Crippen molar-refractivity contribution in [3.8, 4) is 16.9 Å². The summed E-state index contributed by atoms with van der Waals surface area (Å²) < 4.78 is 5.86. The first-order valence-electron chi connectivity index (χ1n) is 7.79. The second kappa shape index (κ2) is 7.47. The smallest absolute Gasteiger partial charge is 0.307 e. The average molecular weight is 318 g/mol. The average Bonchev–Trinajstić information content (AvgIpc) is 2.61. The molecule has 24 heavy (non-hydrogen) atoms. The van der Waals surface area contributed by atoms with E-state index in [4.69, 9.17) is 9.84 Å². The largest absolute Gasteiger partial charge is 0.489 e. The Morgan fingerprint density at radius 2 is 1.62 bits per heavy atom. The summed E-state index contributed by atoms with van der Waals surface area (Å²) in [5, 5.41) is 9.08. The third-order valence-electron chi connectivity index (χ3n) is 3.75. The Bertz CT molecular complexity index is 825. The lowest BCUT2D eigenvalue weighted by Gasteiger charge is -2.11. The Labute approximate surface area is 141 Å². The van der Waals surface area contributed by atoms with Gasteiger partial charge in [0, 0.05) is 0 Å². The van der Waals surface area contributed by atoms with Crippen molar-refractivity contribution in [1.82, 2.24) is 0 Å². The van der Waals surface area contributed by atoms with Gasteiger partial charge in [0.05, 0.1) is 6.42 Å². The maximum atomic E-state index is 11.1. The first-order valence-corrected chi connectivity index (χ1v) is 7.79. The van der Waals surface area contributed by atoms with Crippen LogP contribution in [0, 0.1) is 0 Å². The molecule has 0 saturated heterocycles. The van der Waals surface area contributed by atoms with Gasteiger partial charge in [-0.15, -0.1) is 0 Å². The highest BCUT2D eigenvalue weighted by atomic mass is 16.5. The van der Waals surface area contributed by atoms with Gasteiger partial charge >= 0.3 is 5.97 Å². The standard InChI is InChI=1S/C21H18O3/c22-21(23)14-18-9-4-5-12-20(18)17-10-6-11-19(13-17)24-15-16-7-2-1-3-8-16/h1-13H,14-15H2,(H,22,23). The van der Waals surface area contributed by atoms with Crippen LogP contribution in [0.25, 0.3) is 11.1 Å². The molecule has 0 heterocycles. The summed E-state index contributed by atoms with van der Waals surface area (Å²) in [4.78, 5) is 11.1. The van der Waals surface area contributed by atoms with E-state index in [1.54, 1.807) is 0 Å². The molecule has 0 unspecified atom stereocenters. The normalized spacial score (nSPS) is 10.3. The SMILES string of the molecule is O=C(O)Cc1ccccc1-c1cccc(OCc2ccccc2)c1. The molecule has 0 atom stereocenters. The zero-order valence-corrected chi connectivity index (χ0v) is 13.2. The Balaban J connectivity index is 1.82. The van der Waals surface area contributed by atoms with Gasteiger partial charge in [0.15, 0.2) is 0 Å². The maximum absolute atomic E-state index is 11.1. The molecule has 0 fully saturated rings. The molecular weight excluding hydrogens is 300 g/mol. The van der Waals surface area contributed by atoms with Gasteiger partial charge in [-0.2, -0.15) is 0 Å². The summed E-state index contributed by atoms with van der Waals surface area (Å²) in [5.74, 6) is -0.0691. The second-order valence-electron chi connectivity index (χ2n) is 5.53. The number of hydrogen-bond acceptors (Lipinski definition) is 2. The molecule has 120 valence electrons. The number of carbonyl (C=O) groups is 1. The number of rotatable bonds is 6. The summed E-state index contributed by atoms with van der Waals surface area (Å²) in [6.45, 7) is 0.501. The summed E-state index contributed by atoms with van der Waals surface area (Å²) >= 11 is 0. The summed E-state index contributed by atoms with van der Waals surface area (Å²) in [6, 6.07) is 25.3. The van der Waals surface area contributed by atoms with E-state index in [1.165, 1.54) is 0 Å². The predicted octanol–water partition coefficient (Wildman–Crippen LogP) is 4.56. The van der Waals surface area contributed by atoms with E-state index in [1.807, 2.05) is 78.9 Å². The van der Waals surface area contributed by atoms with Gasteiger partial charge < -0.3 is 9.84 Å². The molecule has 0 saturated carbocycles. The fraction of sp³-hybridized carbons (Fsp3) is 0.0952. The van der Waals surface area contributed by atoms with E-state index in [9.17, 15) is 4.79 Å². The minimum atomic E-state index is -0.834. The van der Waals surface area contributed by atoms with E-state index in [0.717, 1.165) is 28.0 Å². The molecular formula is C21H18O3. The number of carboxylic acid groups (broad SMARTS) is 1. The van der Waals surface area contributed by atoms with Crippen molar-refractivity contribution >= 4 is 5.97 Å². The Morgan fingerprint density at radius 3 is 2.42 bits per heavy atom. The molecule has 0 amide bonds. The highest BCUT2D eigenvalue weighted by Gasteiger charge is 2.09. The molecule has 0 radical (unpaired) electrons. The van der Waals surface area contributed by atoms with Crippen molar-refractivity contribution in [1.29, 1.82) is 0 Å². The summed E-state index contributed by atoms with van der Waals surface area (Å²) in [6.07, 6.45) is 0.00523. The van der Waals surface area contributed by atoms with Crippen molar-refractivity contribution in [2.24, 2.45) is 0 Å². The zero-order chi connectivity index (χ0) is 16.8. The van der Waals surface area contributed by atoms with Gasteiger partial charge in [-0.25, -0.2) is 0 Å². The molecule has 3 aromatic carbocycles. The van der Waals surface area contributed by atoms with Gasteiger partial charge in [0.25, 0.3) is 0 Å². The van der Waals surface area contributed by atoms with Crippen LogP contribution in [0.2, 0.25) is 0 Å². The third kappa shape index (κ3) is 4.02. The van der Waals surface area contributed by atoms with Crippen molar-refractivity contribution in [3.63, 3.8) is 0 Å². The van der Waals surface area contributed by atoms with Crippen LogP contribution < -0.4 is 4.74 Å². The fourth-order valence-electron chi connectivity index (χ4n) is 2.61. The van der Waals surface area contributed by atoms with Gasteiger partial charge in [-0.1, -0.05) is 66.7 Å². The molecule has 3 rings (SSSR count). The monoisotopic (exact) mass is 318 g/mol.